The van der Waals surface area contributed by atoms with Crippen molar-refractivity contribution in [1.29, 1.82) is 0 Å². The Balaban J connectivity index is 1.92. The summed E-state index contributed by atoms with van der Waals surface area (Å²) in [6, 6.07) is 0.834. The molecule has 2 heteroatoms. The molecule has 0 aromatic rings. The molecule has 0 amide bonds. The summed E-state index contributed by atoms with van der Waals surface area (Å²) in [4.78, 5) is 2.79. The predicted molar refractivity (Wildman–Crippen MR) is 83.5 cm³/mol. The molecule has 1 heterocycles. The smallest absolute Gasteiger partial charge is 0.0281 e. The van der Waals surface area contributed by atoms with Crippen LogP contribution in [0.15, 0.2) is 0 Å². The molecular formula is C17H34N2. The fraction of sp³-hybridized carbons (Fsp3) is 1.00. The highest BCUT2D eigenvalue weighted by atomic mass is 15.3. The van der Waals surface area contributed by atoms with Gasteiger partial charge in [-0.05, 0) is 50.9 Å². The fourth-order valence-electron chi connectivity index (χ4n) is 4.13. The molecule has 1 aliphatic heterocycles. The van der Waals surface area contributed by atoms with Crippen molar-refractivity contribution in [1.82, 2.24) is 10.2 Å². The van der Waals surface area contributed by atoms with E-state index in [0.29, 0.717) is 11.0 Å². The Morgan fingerprint density at radius 2 is 1.79 bits per heavy atom. The third kappa shape index (κ3) is 3.33. The topological polar surface area (TPSA) is 15.3 Å². The zero-order chi connectivity index (χ0) is 14.1. The maximum absolute atomic E-state index is 3.54. The third-order valence-electron chi connectivity index (χ3n) is 6.02. The van der Waals surface area contributed by atoms with Gasteiger partial charge in [0.2, 0.25) is 0 Å². The molecule has 1 N–H and O–H groups in total. The summed E-state index contributed by atoms with van der Waals surface area (Å²) >= 11 is 0. The summed E-state index contributed by atoms with van der Waals surface area (Å²) in [5, 5.41) is 3.54. The lowest BCUT2D eigenvalue weighted by molar-refractivity contribution is 0.00849. The average molecular weight is 266 g/mol. The highest BCUT2D eigenvalue weighted by Crippen LogP contribution is 2.42. The van der Waals surface area contributed by atoms with Crippen molar-refractivity contribution >= 4 is 0 Å². The summed E-state index contributed by atoms with van der Waals surface area (Å²) in [7, 11) is 0. The molecule has 2 nitrogen and oxygen atoms in total. The van der Waals surface area contributed by atoms with Crippen LogP contribution in [0.1, 0.15) is 66.7 Å². The second-order valence-corrected chi connectivity index (χ2v) is 8.03. The Labute approximate surface area is 120 Å². The molecule has 2 rings (SSSR count). The SMILES string of the molecule is CCC(C)(C)C1CCC(N2CCNCC2(C)C)CC1. The number of nitrogens with one attached hydrogen (secondary N) is 1. The number of nitrogens with zero attached hydrogens (tertiary/aromatic N) is 1. The van der Waals surface area contributed by atoms with Gasteiger partial charge in [0.25, 0.3) is 0 Å². The largest absolute Gasteiger partial charge is 0.314 e. The Hall–Kier alpha value is -0.0800. The first-order chi connectivity index (χ1) is 8.87. The second kappa shape index (κ2) is 5.73. The lowest BCUT2D eigenvalue weighted by atomic mass is 9.68. The van der Waals surface area contributed by atoms with Crippen molar-refractivity contribution in [2.75, 3.05) is 19.6 Å². The first-order valence-electron chi connectivity index (χ1n) is 8.34. The summed E-state index contributed by atoms with van der Waals surface area (Å²) in [6.45, 7) is 15.6. The molecule has 0 unspecified atom stereocenters. The van der Waals surface area contributed by atoms with Gasteiger partial charge in [-0.15, -0.1) is 0 Å². The Morgan fingerprint density at radius 1 is 1.16 bits per heavy atom. The maximum atomic E-state index is 3.54. The third-order valence-corrected chi connectivity index (χ3v) is 6.02. The molecule has 0 spiro atoms. The van der Waals surface area contributed by atoms with Gasteiger partial charge in [0.05, 0.1) is 0 Å². The molecule has 1 aliphatic carbocycles. The monoisotopic (exact) mass is 266 g/mol. The molecule has 1 saturated heterocycles. The van der Waals surface area contributed by atoms with Gasteiger partial charge < -0.3 is 5.32 Å². The molecule has 1 saturated carbocycles. The molecule has 2 aliphatic rings. The van der Waals surface area contributed by atoms with E-state index in [0.717, 1.165) is 18.5 Å². The molecule has 112 valence electrons. The van der Waals surface area contributed by atoms with Crippen molar-refractivity contribution in [2.24, 2.45) is 11.3 Å². The second-order valence-electron chi connectivity index (χ2n) is 8.03. The van der Waals surface area contributed by atoms with Crippen LogP contribution in [0, 0.1) is 11.3 Å². The van der Waals surface area contributed by atoms with Crippen LogP contribution >= 0.6 is 0 Å². The van der Waals surface area contributed by atoms with E-state index in [1.54, 1.807) is 0 Å². The van der Waals surface area contributed by atoms with E-state index in [-0.39, 0.29) is 0 Å². The van der Waals surface area contributed by atoms with Gasteiger partial charge in [-0.2, -0.15) is 0 Å². The fourth-order valence-corrected chi connectivity index (χ4v) is 4.13. The molecular weight excluding hydrogens is 232 g/mol. The Kier molecular flexibility index (Phi) is 4.62. The first-order valence-corrected chi connectivity index (χ1v) is 8.34. The molecule has 0 atom stereocenters. The lowest BCUT2D eigenvalue weighted by Crippen LogP contribution is -2.61. The van der Waals surface area contributed by atoms with Crippen molar-refractivity contribution in [3.05, 3.63) is 0 Å². The van der Waals surface area contributed by atoms with Crippen LogP contribution in [0.5, 0.6) is 0 Å². The minimum atomic E-state index is 0.343. The number of rotatable bonds is 3. The van der Waals surface area contributed by atoms with Crippen molar-refractivity contribution < 1.29 is 0 Å². The van der Waals surface area contributed by atoms with E-state index in [9.17, 15) is 0 Å². The van der Waals surface area contributed by atoms with Crippen molar-refractivity contribution in [2.45, 2.75) is 78.3 Å². The summed E-state index contributed by atoms with van der Waals surface area (Å²) < 4.78 is 0. The molecule has 0 radical (unpaired) electrons. The first kappa shape index (κ1) is 15.3. The van der Waals surface area contributed by atoms with E-state index in [4.69, 9.17) is 0 Å². The standard InChI is InChI=1S/C17H34N2/c1-6-16(2,3)14-7-9-15(10-8-14)19-12-11-18-13-17(19,4)5/h14-15,18H,6-13H2,1-5H3. The predicted octanol–water partition coefficient (Wildman–Crippen LogP) is 3.67. The minimum absolute atomic E-state index is 0.343. The van der Waals surface area contributed by atoms with E-state index in [1.807, 2.05) is 0 Å². The van der Waals surface area contributed by atoms with Crippen LogP contribution in [0.25, 0.3) is 0 Å². The summed E-state index contributed by atoms with van der Waals surface area (Å²) in [5.41, 5.74) is 0.889. The van der Waals surface area contributed by atoms with Crippen LogP contribution in [-0.4, -0.2) is 36.1 Å². The maximum Gasteiger partial charge on any atom is 0.0281 e. The molecule has 0 aromatic carbocycles. The van der Waals surface area contributed by atoms with Gasteiger partial charge in [-0.25, -0.2) is 0 Å². The van der Waals surface area contributed by atoms with Crippen LogP contribution in [0.2, 0.25) is 0 Å². The van der Waals surface area contributed by atoms with E-state index < -0.39 is 0 Å². The molecule has 0 aromatic heterocycles. The normalized spacial score (nSPS) is 33.3. The lowest BCUT2D eigenvalue weighted by Gasteiger charge is -2.50. The molecule has 19 heavy (non-hydrogen) atoms. The highest BCUT2D eigenvalue weighted by Gasteiger charge is 2.38. The van der Waals surface area contributed by atoms with E-state index in [2.05, 4.69) is 44.8 Å². The van der Waals surface area contributed by atoms with Gasteiger partial charge in [0.15, 0.2) is 0 Å². The van der Waals surface area contributed by atoms with Crippen molar-refractivity contribution in [3.63, 3.8) is 0 Å². The van der Waals surface area contributed by atoms with Gasteiger partial charge in [0, 0.05) is 31.2 Å². The number of piperazine rings is 1. The van der Waals surface area contributed by atoms with Gasteiger partial charge in [-0.1, -0.05) is 27.2 Å². The summed E-state index contributed by atoms with van der Waals surface area (Å²) in [5.74, 6) is 0.944. The van der Waals surface area contributed by atoms with Gasteiger partial charge >= 0.3 is 0 Å². The minimum Gasteiger partial charge on any atom is -0.314 e. The molecule has 2 fully saturated rings. The van der Waals surface area contributed by atoms with Crippen LogP contribution in [-0.2, 0) is 0 Å². The van der Waals surface area contributed by atoms with E-state index >= 15 is 0 Å². The Bertz CT molecular complexity index is 288. The van der Waals surface area contributed by atoms with Gasteiger partial charge in [-0.3, -0.25) is 4.90 Å². The zero-order valence-electron chi connectivity index (χ0n) is 13.8. The number of hydrogen-bond donors (Lipinski definition) is 1. The highest BCUT2D eigenvalue weighted by molar-refractivity contribution is 4.95. The average Bonchev–Trinajstić information content (AvgIpc) is 2.38. The Morgan fingerprint density at radius 3 is 2.32 bits per heavy atom. The van der Waals surface area contributed by atoms with E-state index in [1.165, 1.54) is 45.2 Å². The summed E-state index contributed by atoms with van der Waals surface area (Å²) in [6.07, 6.45) is 7.02. The van der Waals surface area contributed by atoms with Gasteiger partial charge in [0.1, 0.15) is 0 Å². The van der Waals surface area contributed by atoms with Crippen LogP contribution in [0.3, 0.4) is 0 Å². The van der Waals surface area contributed by atoms with Crippen LogP contribution < -0.4 is 5.32 Å². The zero-order valence-corrected chi connectivity index (χ0v) is 13.8. The number of hydrogen-bond acceptors (Lipinski definition) is 2. The van der Waals surface area contributed by atoms with Crippen molar-refractivity contribution in [3.8, 4) is 0 Å². The van der Waals surface area contributed by atoms with Crippen LogP contribution in [0.4, 0.5) is 0 Å². The quantitative estimate of drug-likeness (QED) is 0.838. The molecule has 0 bridgehead atoms.